The summed E-state index contributed by atoms with van der Waals surface area (Å²) in [5.74, 6) is 2.11. The maximum Gasteiger partial charge on any atom is 0.157 e. The number of nitrogens with zero attached hydrogens (tertiary/aromatic N) is 4. The van der Waals surface area contributed by atoms with Gasteiger partial charge < -0.3 is 9.80 Å². The molecule has 0 amide bonds. The molecule has 1 aromatic carbocycles. The third kappa shape index (κ3) is 1.64. The highest BCUT2D eigenvalue weighted by atomic mass is 15.5. The van der Waals surface area contributed by atoms with Gasteiger partial charge in [-0.2, -0.15) is 0 Å². The number of aromatic nitrogens is 2. The van der Waals surface area contributed by atoms with Crippen molar-refractivity contribution in [3.63, 3.8) is 0 Å². The van der Waals surface area contributed by atoms with Crippen LogP contribution < -0.4 is 9.80 Å². The average molecular weight is 294 g/mol. The zero-order valence-electron chi connectivity index (χ0n) is 13.6. The van der Waals surface area contributed by atoms with Gasteiger partial charge in [-0.25, -0.2) is 9.97 Å². The van der Waals surface area contributed by atoms with Gasteiger partial charge >= 0.3 is 0 Å². The molecule has 4 nitrogen and oxygen atoms in total. The normalized spacial score (nSPS) is 26.0. The summed E-state index contributed by atoms with van der Waals surface area (Å²) in [6.45, 7) is 9.18. The highest BCUT2D eigenvalue weighted by Crippen LogP contribution is 2.53. The number of hydrogen-bond acceptors (Lipinski definition) is 4. The maximum absolute atomic E-state index is 4.59. The lowest BCUT2D eigenvalue weighted by atomic mass is 9.81. The fourth-order valence-electron chi connectivity index (χ4n) is 4.02. The van der Waals surface area contributed by atoms with E-state index in [0.29, 0.717) is 24.0 Å². The van der Waals surface area contributed by atoms with E-state index in [9.17, 15) is 0 Å². The van der Waals surface area contributed by atoms with Gasteiger partial charge in [0.25, 0.3) is 0 Å². The summed E-state index contributed by atoms with van der Waals surface area (Å²) >= 11 is 0. The Morgan fingerprint density at radius 2 is 1.86 bits per heavy atom. The van der Waals surface area contributed by atoms with Gasteiger partial charge in [-0.3, -0.25) is 0 Å². The summed E-state index contributed by atoms with van der Waals surface area (Å²) in [6.07, 6.45) is 3.93. The molecule has 0 spiro atoms. The molecule has 3 unspecified atom stereocenters. The van der Waals surface area contributed by atoms with E-state index in [1.165, 1.54) is 11.3 Å². The minimum absolute atomic E-state index is 0.316. The van der Waals surface area contributed by atoms with Gasteiger partial charge in [-0.05, 0) is 31.4 Å². The van der Waals surface area contributed by atoms with Crippen LogP contribution in [-0.2, 0) is 0 Å². The van der Waals surface area contributed by atoms with E-state index in [-0.39, 0.29) is 0 Å². The number of para-hydroxylation sites is 1. The Hall–Kier alpha value is -2.10. The second-order valence-corrected chi connectivity index (χ2v) is 6.72. The van der Waals surface area contributed by atoms with Gasteiger partial charge in [0.05, 0.1) is 6.20 Å². The van der Waals surface area contributed by atoms with Crippen molar-refractivity contribution in [1.29, 1.82) is 0 Å². The lowest BCUT2D eigenvalue weighted by Crippen LogP contribution is -2.52. The molecule has 1 aromatic heterocycles. The quantitative estimate of drug-likeness (QED) is 0.798. The van der Waals surface area contributed by atoms with Gasteiger partial charge in [0, 0.05) is 17.6 Å². The molecule has 0 bridgehead atoms. The van der Waals surface area contributed by atoms with Gasteiger partial charge in [-0.15, -0.1) is 0 Å². The maximum atomic E-state index is 4.59. The third-order valence-electron chi connectivity index (χ3n) is 5.23. The van der Waals surface area contributed by atoms with Crippen LogP contribution in [0.25, 0.3) is 0 Å². The molecule has 2 aliphatic rings. The first-order valence-electron chi connectivity index (χ1n) is 8.07. The molecule has 4 rings (SSSR count). The fourth-order valence-corrected chi connectivity index (χ4v) is 4.02. The number of fused-ring (bicyclic) bond motifs is 5. The topological polar surface area (TPSA) is 32.3 Å². The Balaban J connectivity index is 1.97. The van der Waals surface area contributed by atoms with Gasteiger partial charge in [0.2, 0.25) is 0 Å². The molecule has 114 valence electrons. The van der Waals surface area contributed by atoms with Gasteiger partial charge in [0.15, 0.2) is 5.82 Å². The van der Waals surface area contributed by atoms with Gasteiger partial charge in [-0.1, -0.05) is 32.0 Å². The molecule has 0 N–H and O–H groups in total. The fraction of sp³-hybridized carbons (Fsp3) is 0.444. The van der Waals surface area contributed by atoms with Crippen molar-refractivity contribution in [2.24, 2.45) is 5.92 Å². The first-order valence-corrected chi connectivity index (χ1v) is 8.07. The van der Waals surface area contributed by atoms with Crippen LogP contribution in [0, 0.1) is 5.92 Å². The van der Waals surface area contributed by atoms with Crippen LogP contribution in [0.3, 0.4) is 0 Å². The SMILES string of the molecule is CC1c2ccccc2N2c3cncnc3N(C(C)C)C2C1C. The van der Waals surface area contributed by atoms with Crippen molar-refractivity contribution >= 4 is 17.2 Å². The summed E-state index contributed by atoms with van der Waals surface area (Å²) < 4.78 is 0. The van der Waals surface area contributed by atoms with E-state index < -0.39 is 0 Å². The van der Waals surface area contributed by atoms with Gasteiger partial charge in [0.1, 0.15) is 18.2 Å². The third-order valence-corrected chi connectivity index (χ3v) is 5.23. The van der Waals surface area contributed by atoms with Crippen LogP contribution in [0.2, 0.25) is 0 Å². The molecule has 22 heavy (non-hydrogen) atoms. The summed E-state index contributed by atoms with van der Waals surface area (Å²) in [5, 5.41) is 0. The van der Waals surface area contributed by atoms with Crippen LogP contribution in [0.15, 0.2) is 36.8 Å². The van der Waals surface area contributed by atoms with E-state index in [2.05, 4.69) is 71.7 Å². The van der Waals surface area contributed by atoms with Crippen LogP contribution in [0.4, 0.5) is 17.2 Å². The minimum atomic E-state index is 0.316. The lowest BCUT2D eigenvalue weighted by Gasteiger charge is -2.45. The molecule has 0 radical (unpaired) electrons. The molecule has 2 aliphatic heterocycles. The molecule has 0 saturated carbocycles. The largest absolute Gasteiger partial charge is 0.331 e. The predicted molar refractivity (Wildman–Crippen MR) is 89.6 cm³/mol. The van der Waals surface area contributed by atoms with Crippen molar-refractivity contribution in [3.05, 3.63) is 42.4 Å². The summed E-state index contributed by atoms with van der Waals surface area (Å²) in [7, 11) is 0. The smallest absolute Gasteiger partial charge is 0.157 e. The summed E-state index contributed by atoms with van der Waals surface area (Å²) in [5.41, 5.74) is 3.86. The standard InChI is InChI=1S/C18H22N4/c1-11(2)21-17-16(9-19-10-20-17)22-15-8-6-5-7-14(15)12(3)13(4)18(21)22/h5-13,18H,1-4H3. The monoisotopic (exact) mass is 294 g/mol. The van der Waals surface area contributed by atoms with E-state index in [1.807, 2.05) is 6.20 Å². The summed E-state index contributed by atoms with van der Waals surface area (Å²) in [6, 6.07) is 9.16. The molecule has 0 fully saturated rings. The highest BCUT2D eigenvalue weighted by Gasteiger charge is 2.47. The van der Waals surface area contributed by atoms with Crippen LogP contribution in [0.1, 0.15) is 39.2 Å². The summed E-state index contributed by atoms with van der Waals surface area (Å²) in [4.78, 5) is 13.8. The van der Waals surface area contributed by atoms with E-state index in [0.717, 1.165) is 11.5 Å². The molecule has 3 heterocycles. The molecule has 4 heteroatoms. The van der Waals surface area contributed by atoms with Crippen LogP contribution >= 0.6 is 0 Å². The Labute approximate surface area is 131 Å². The number of hydrogen-bond donors (Lipinski definition) is 0. The van der Waals surface area contributed by atoms with Crippen LogP contribution in [0.5, 0.6) is 0 Å². The van der Waals surface area contributed by atoms with E-state index >= 15 is 0 Å². The minimum Gasteiger partial charge on any atom is -0.331 e. The van der Waals surface area contributed by atoms with E-state index in [4.69, 9.17) is 0 Å². The van der Waals surface area contributed by atoms with Crippen molar-refractivity contribution in [2.75, 3.05) is 9.80 Å². The first-order chi connectivity index (χ1) is 10.6. The molecular weight excluding hydrogens is 272 g/mol. The number of benzene rings is 1. The lowest BCUT2D eigenvalue weighted by molar-refractivity contribution is 0.357. The first kappa shape index (κ1) is 13.6. The molecule has 0 saturated heterocycles. The highest BCUT2D eigenvalue weighted by molar-refractivity contribution is 5.83. The van der Waals surface area contributed by atoms with Crippen LogP contribution in [-0.4, -0.2) is 22.2 Å². The van der Waals surface area contributed by atoms with Crippen molar-refractivity contribution in [2.45, 2.75) is 45.8 Å². The number of anilines is 3. The predicted octanol–water partition coefficient (Wildman–Crippen LogP) is 3.92. The van der Waals surface area contributed by atoms with Crippen molar-refractivity contribution < 1.29 is 0 Å². The number of rotatable bonds is 1. The second-order valence-electron chi connectivity index (χ2n) is 6.72. The molecule has 0 aliphatic carbocycles. The molecule has 3 atom stereocenters. The zero-order chi connectivity index (χ0) is 15.4. The average Bonchev–Trinajstić information content (AvgIpc) is 2.88. The molecule has 2 aromatic rings. The zero-order valence-corrected chi connectivity index (χ0v) is 13.6. The Kier molecular flexibility index (Phi) is 2.90. The van der Waals surface area contributed by atoms with Crippen molar-refractivity contribution in [3.8, 4) is 0 Å². The second kappa shape index (κ2) is 4.70. The van der Waals surface area contributed by atoms with Crippen molar-refractivity contribution in [1.82, 2.24) is 9.97 Å². The Morgan fingerprint density at radius 3 is 2.64 bits per heavy atom. The molecular formula is C18H22N4. The van der Waals surface area contributed by atoms with E-state index in [1.54, 1.807) is 6.33 Å². The Morgan fingerprint density at radius 1 is 1.09 bits per heavy atom. The Bertz CT molecular complexity index is 712.